The van der Waals surface area contributed by atoms with Crippen molar-refractivity contribution in [3.63, 3.8) is 0 Å². The van der Waals surface area contributed by atoms with E-state index >= 15 is 0 Å². The van der Waals surface area contributed by atoms with E-state index in [1.165, 1.54) is 75.6 Å². The molecule has 0 spiro atoms. The van der Waals surface area contributed by atoms with E-state index in [2.05, 4.69) is 319 Å². The van der Waals surface area contributed by atoms with Gasteiger partial charge in [-0.2, -0.15) is 0 Å². The number of rotatable bonds is 10. The highest BCUT2D eigenvalue weighted by molar-refractivity contribution is 7.20. The molecule has 13 aromatic carbocycles. The Morgan fingerprint density at radius 2 is 0.732 bits per heavy atom. The molecule has 0 aliphatic rings. The lowest BCUT2D eigenvalue weighted by molar-refractivity contribution is 0.669. The minimum Gasteiger partial charge on any atom is -0.456 e. The molecule has 3 heterocycles. The fraction of sp³-hybridized carbons (Fsp3) is 0. The van der Waals surface area contributed by atoms with Gasteiger partial charge in [-0.15, -0.1) is 0 Å². The highest BCUT2D eigenvalue weighted by Gasteiger charge is 2.43. The van der Waals surface area contributed by atoms with Crippen LogP contribution in [0.5, 0.6) is 0 Å². The van der Waals surface area contributed by atoms with Crippen LogP contribution in [-0.4, -0.2) is 17.2 Å². The fourth-order valence-electron chi connectivity index (χ4n) is 13.5. The molecule has 384 valence electrons. The van der Waals surface area contributed by atoms with E-state index in [-0.39, 0.29) is 0 Å². The Labute approximate surface area is 476 Å². The summed E-state index contributed by atoms with van der Waals surface area (Å²) in [5.74, 6) is 0. The maximum absolute atomic E-state index is 6.33. The number of hydrogen-bond acceptors (Lipinski definition) is 1. The molecule has 16 rings (SSSR count). The van der Waals surface area contributed by atoms with Gasteiger partial charge in [0.25, 0.3) is 0 Å². The second kappa shape index (κ2) is 19.4. The number of aromatic nitrogens is 2. The molecule has 0 aliphatic carbocycles. The maximum Gasteiger partial charge on any atom is 0.179 e. The van der Waals surface area contributed by atoms with Crippen LogP contribution in [0.25, 0.3) is 121 Å². The van der Waals surface area contributed by atoms with Crippen molar-refractivity contribution in [3.8, 4) is 55.9 Å². The molecule has 0 N–H and O–H groups in total. The van der Waals surface area contributed by atoms with Gasteiger partial charge in [0.15, 0.2) is 8.07 Å². The summed E-state index contributed by atoms with van der Waals surface area (Å²) < 4.78 is 11.4. The lowest BCUT2D eigenvalue weighted by Crippen LogP contribution is -2.74. The topological polar surface area (TPSA) is 23.0 Å². The largest absolute Gasteiger partial charge is 0.456 e. The first-order chi connectivity index (χ1) is 40.7. The number of benzene rings is 13. The van der Waals surface area contributed by atoms with E-state index in [0.717, 1.165) is 66.6 Å². The molecule has 0 bridgehead atoms. The summed E-state index contributed by atoms with van der Waals surface area (Å²) in [5.41, 5.74) is 18.0. The smallest absolute Gasteiger partial charge is 0.179 e. The third kappa shape index (κ3) is 7.50. The zero-order valence-electron chi connectivity index (χ0n) is 44.8. The van der Waals surface area contributed by atoms with Crippen molar-refractivity contribution in [1.29, 1.82) is 0 Å². The van der Waals surface area contributed by atoms with E-state index in [9.17, 15) is 0 Å². The average molecular weight is 1060 g/mol. The fourth-order valence-corrected chi connectivity index (χ4v) is 18.3. The molecular formula is C78H52N2OSi. The van der Waals surface area contributed by atoms with Gasteiger partial charge < -0.3 is 13.6 Å². The summed E-state index contributed by atoms with van der Waals surface area (Å²) in [5, 5.41) is 12.3. The second-order valence-corrected chi connectivity index (χ2v) is 25.3. The number of hydrogen-bond donors (Lipinski definition) is 0. The van der Waals surface area contributed by atoms with Crippen LogP contribution in [-0.2, 0) is 0 Å². The number of nitrogens with zero attached hydrogens (tertiary/aromatic N) is 2. The van der Waals surface area contributed by atoms with Crippen molar-refractivity contribution in [1.82, 2.24) is 9.13 Å². The Morgan fingerprint density at radius 3 is 1.39 bits per heavy atom. The van der Waals surface area contributed by atoms with Gasteiger partial charge in [0.1, 0.15) is 11.2 Å². The lowest BCUT2D eigenvalue weighted by Gasteiger charge is -2.36. The molecule has 0 saturated carbocycles. The highest BCUT2D eigenvalue weighted by Crippen LogP contribution is 2.45. The predicted octanol–water partition coefficient (Wildman–Crippen LogP) is 17.8. The first-order valence-electron chi connectivity index (χ1n) is 28.2. The van der Waals surface area contributed by atoms with Crippen LogP contribution in [0.4, 0.5) is 0 Å². The van der Waals surface area contributed by atoms with Crippen molar-refractivity contribution in [3.05, 3.63) is 315 Å². The third-order valence-electron chi connectivity index (χ3n) is 17.0. The van der Waals surface area contributed by atoms with Gasteiger partial charge in [-0.1, -0.05) is 267 Å². The third-order valence-corrected chi connectivity index (χ3v) is 21.8. The summed E-state index contributed by atoms with van der Waals surface area (Å²) in [6, 6.07) is 117. The average Bonchev–Trinajstić information content (AvgIpc) is 3.70. The van der Waals surface area contributed by atoms with Crippen molar-refractivity contribution in [2.75, 3.05) is 0 Å². The molecule has 0 radical (unpaired) electrons. The van der Waals surface area contributed by atoms with Crippen LogP contribution in [0, 0.1) is 0 Å². The predicted molar refractivity (Wildman–Crippen MR) is 348 cm³/mol. The van der Waals surface area contributed by atoms with Gasteiger partial charge >= 0.3 is 0 Å². The number of fused-ring (bicyclic) bond motifs is 9. The Balaban J connectivity index is 0.985. The van der Waals surface area contributed by atoms with Crippen LogP contribution in [0.2, 0.25) is 0 Å². The standard InChI is InChI=1S/C78H52N2OSi/c1-6-24-53(25-7-1)56-30-22-35-61(48-56)82(59-31-12-4-13-32-59,60-33-14-5-15-34-60)62-51-68(54-26-8-2-9-27-54)78(69(52-62)55-28-10-3-11-29-55)80-73-42-20-17-37-65(73)70-50-58(45-46-74(70)80)79-72-41-19-16-36-64(72)67-40-23-39-63(77(67)79)57-44-47-76-71(49-57)66-38-18-21-43-75(66)81-76/h1-52H. The number of para-hydroxylation sites is 4. The maximum atomic E-state index is 6.33. The van der Waals surface area contributed by atoms with Crippen molar-refractivity contribution in [2.45, 2.75) is 0 Å². The zero-order chi connectivity index (χ0) is 54.1. The van der Waals surface area contributed by atoms with Crippen LogP contribution < -0.4 is 20.7 Å². The first kappa shape index (κ1) is 47.5. The van der Waals surface area contributed by atoms with Crippen molar-refractivity contribution >= 4 is 94.4 Å². The molecule has 16 aromatic rings. The number of furan rings is 1. The highest BCUT2D eigenvalue weighted by atomic mass is 28.3. The van der Waals surface area contributed by atoms with E-state index in [1.54, 1.807) is 0 Å². The Kier molecular flexibility index (Phi) is 11.2. The summed E-state index contributed by atoms with van der Waals surface area (Å²) in [6.07, 6.45) is 0. The summed E-state index contributed by atoms with van der Waals surface area (Å²) in [7, 11) is -3.16. The molecule has 3 aromatic heterocycles. The summed E-state index contributed by atoms with van der Waals surface area (Å²) in [6.45, 7) is 0. The Hall–Kier alpha value is -10.5. The molecule has 0 unspecified atom stereocenters. The van der Waals surface area contributed by atoms with Gasteiger partial charge in [-0.3, -0.25) is 0 Å². The minimum absolute atomic E-state index is 0.891. The summed E-state index contributed by atoms with van der Waals surface area (Å²) >= 11 is 0. The van der Waals surface area contributed by atoms with E-state index in [4.69, 9.17) is 4.42 Å². The molecule has 3 nitrogen and oxygen atoms in total. The molecule has 0 saturated heterocycles. The van der Waals surface area contributed by atoms with Crippen LogP contribution in [0.3, 0.4) is 0 Å². The monoisotopic (exact) mass is 1060 g/mol. The van der Waals surface area contributed by atoms with Gasteiger partial charge in [-0.05, 0) is 97.1 Å². The van der Waals surface area contributed by atoms with E-state index in [1.807, 2.05) is 6.07 Å². The molecule has 0 amide bonds. The minimum atomic E-state index is -3.16. The van der Waals surface area contributed by atoms with Crippen molar-refractivity contribution in [2.24, 2.45) is 0 Å². The molecule has 0 atom stereocenters. The molecule has 0 fully saturated rings. The zero-order valence-corrected chi connectivity index (χ0v) is 45.8. The molecule has 4 heteroatoms. The van der Waals surface area contributed by atoms with E-state index < -0.39 is 8.07 Å². The SMILES string of the molecule is c1ccc(-c2cccc([Si](c3ccccc3)(c3ccccc3)c3cc(-c4ccccc4)c(-n4c5ccccc5c5cc(-n6c7ccccc7c7cccc(-c8ccc9oc%10ccccc%10c9c8)c76)ccc54)c(-c4ccccc4)c3)c2)cc1. The first-order valence-corrected chi connectivity index (χ1v) is 30.2. The second-order valence-electron chi connectivity index (χ2n) is 21.5. The van der Waals surface area contributed by atoms with Gasteiger partial charge in [0, 0.05) is 54.7 Å². The van der Waals surface area contributed by atoms with Crippen LogP contribution in [0.1, 0.15) is 0 Å². The van der Waals surface area contributed by atoms with Crippen LogP contribution >= 0.6 is 0 Å². The van der Waals surface area contributed by atoms with Gasteiger partial charge in [0.05, 0.1) is 27.8 Å². The van der Waals surface area contributed by atoms with Gasteiger partial charge in [-0.25, -0.2) is 0 Å². The summed E-state index contributed by atoms with van der Waals surface area (Å²) in [4.78, 5) is 0. The van der Waals surface area contributed by atoms with Gasteiger partial charge in [0.2, 0.25) is 0 Å². The quantitative estimate of drug-likeness (QED) is 0.0989. The normalized spacial score (nSPS) is 11.9. The Morgan fingerprint density at radius 1 is 0.244 bits per heavy atom. The molecular weight excluding hydrogens is 1010 g/mol. The van der Waals surface area contributed by atoms with Crippen molar-refractivity contribution < 1.29 is 4.42 Å². The molecule has 0 aliphatic heterocycles. The molecule has 82 heavy (non-hydrogen) atoms. The Bertz CT molecular complexity index is 4980. The lowest BCUT2D eigenvalue weighted by atomic mass is 9.95. The van der Waals surface area contributed by atoms with Crippen LogP contribution in [0.15, 0.2) is 320 Å². The van der Waals surface area contributed by atoms with E-state index in [0.29, 0.717) is 0 Å².